The van der Waals surface area contributed by atoms with Gasteiger partial charge in [-0.1, -0.05) is 42.5 Å². The van der Waals surface area contributed by atoms with Gasteiger partial charge >= 0.3 is 0 Å². The van der Waals surface area contributed by atoms with Crippen molar-refractivity contribution in [1.82, 2.24) is 0 Å². The predicted molar refractivity (Wildman–Crippen MR) is 87.8 cm³/mol. The van der Waals surface area contributed by atoms with E-state index in [-0.39, 0.29) is 11.7 Å². The summed E-state index contributed by atoms with van der Waals surface area (Å²) in [5, 5.41) is 4.69. The van der Waals surface area contributed by atoms with Crippen molar-refractivity contribution in [3.8, 4) is 0 Å². The minimum Gasteiger partial charge on any atom is -0.322 e. The van der Waals surface area contributed by atoms with Gasteiger partial charge in [-0.2, -0.15) is 0 Å². The largest absolute Gasteiger partial charge is 0.322 e. The van der Waals surface area contributed by atoms with Crippen LogP contribution in [0.25, 0.3) is 10.8 Å². The minimum absolute atomic E-state index is 0.233. The highest BCUT2D eigenvalue weighted by Crippen LogP contribution is 2.23. The Morgan fingerprint density at radius 2 is 1.68 bits per heavy atom. The quantitative estimate of drug-likeness (QED) is 0.719. The van der Waals surface area contributed by atoms with E-state index in [1.807, 2.05) is 43.3 Å². The van der Waals surface area contributed by atoms with Crippen LogP contribution in [0.2, 0.25) is 0 Å². The Kier molecular flexibility index (Phi) is 3.63. The van der Waals surface area contributed by atoms with Crippen LogP contribution in [0.3, 0.4) is 0 Å². The molecular weight excluding hydrogens is 277 g/mol. The Bertz CT molecular complexity index is 865. The van der Waals surface area contributed by atoms with Crippen LogP contribution in [0.15, 0.2) is 54.6 Å². The lowest BCUT2D eigenvalue weighted by Crippen LogP contribution is -2.13. The first-order valence-electron chi connectivity index (χ1n) is 7.12. The number of hydrogen-bond donors (Lipinski definition) is 1. The van der Waals surface area contributed by atoms with Gasteiger partial charge in [-0.15, -0.1) is 0 Å². The Labute approximate surface area is 128 Å². The molecule has 0 heterocycles. The van der Waals surface area contributed by atoms with Crippen LogP contribution in [-0.2, 0) is 0 Å². The molecular formula is C19H16FNO. The molecule has 0 unspecified atom stereocenters. The SMILES string of the molecule is Cc1cc(C)c(NC(=O)c2cccc3ccccc23)cc1F. The molecule has 110 valence electrons. The van der Waals surface area contributed by atoms with Gasteiger partial charge in [0.15, 0.2) is 0 Å². The summed E-state index contributed by atoms with van der Waals surface area (Å²) in [5.41, 5.74) is 2.49. The number of aryl methyl sites for hydroxylation is 2. The van der Waals surface area contributed by atoms with Crippen LogP contribution in [0.4, 0.5) is 10.1 Å². The number of hydrogen-bond acceptors (Lipinski definition) is 1. The Morgan fingerprint density at radius 1 is 0.955 bits per heavy atom. The lowest BCUT2D eigenvalue weighted by molar-refractivity contribution is 0.102. The number of fused-ring (bicyclic) bond motifs is 1. The van der Waals surface area contributed by atoms with Gasteiger partial charge in [-0.05, 0) is 47.9 Å². The van der Waals surface area contributed by atoms with Crippen LogP contribution in [-0.4, -0.2) is 5.91 Å². The van der Waals surface area contributed by atoms with Gasteiger partial charge in [-0.3, -0.25) is 4.79 Å². The van der Waals surface area contributed by atoms with E-state index in [1.165, 1.54) is 6.07 Å². The van der Waals surface area contributed by atoms with Gasteiger partial charge in [-0.25, -0.2) is 4.39 Å². The van der Waals surface area contributed by atoms with E-state index in [4.69, 9.17) is 0 Å². The molecule has 0 radical (unpaired) electrons. The molecule has 1 N–H and O–H groups in total. The van der Waals surface area contributed by atoms with Crippen LogP contribution < -0.4 is 5.32 Å². The molecule has 0 saturated carbocycles. The first kappa shape index (κ1) is 14.3. The molecule has 1 amide bonds. The molecule has 0 bridgehead atoms. The van der Waals surface area contributed by atoms with Crippen molar-refractivity contribution in [2.75, 3.05) is 5.32 Å². The van der Waals surface area contributed by atoms with Crippen LogP contribution in [0.5, 0.6) is 0 Å². The molecule has 3 rings (SSSR count). The topological polar surface area (TPSA) is 29.1 Å². The van der Waals surface area contributed by atoms with Crippen LogP contribution in [0, 0.1) is 19.7 Å². The van der Waals surface area contributed by atoms with Gasteiger partial charge in [0.25, 0.3) is 5.91 Å². The summed E-state index contributed by atoms with van der Waals surface area (Å²) < 4.78 is 13.7. The smallest absolute Gasteiger partial charge is 0.256 e. The Hall–Kier alpha value is -2.68. The lowest BCUT2D eigenvalue weighted by Gasteiger charge is -2.11. The van der Waals surface area contributed by atoms with Gasteiger partial charge in [0.05, 0.1) is 0 Å². The predicted octanol–water partition coefficient (Wildman–Crippen LogP) is 4.85. The Morgan fingerprint density at radius 3 is 2.50 bits per heavy atom. The second-order valence-electron chi connectivity index (χ2n) is 5.40. The summed E-state index contributed by atoms with van der Waals surface area (Å²) >= 11 is 0. The van der Waals surface area contributed by atoms with Crippen molar-refractivity contribution in [3.05, 3.63) is 77.1 Å². The number of benzene rings is 3. The number of amides is 1. The first-order valence-corrected chi connectivity index (χ1v) is 7.12. The van der Waals surface area contributed by atoms with Crippen molar-refractivity contribution in [3.63, 3.8) is 0 Å². The van der Waals surface area contributed by atoms with E-state index in [1.54, 1.807) is 19.1 Å². The molecule has 0 spiro atoms. The standard InChI is InChI=1S/C19H16FNO/c1-12-10-13(2)18(11-17(12)20)21-19(22)16-9-5-7-14-6-3-4-8-15(14)16/h3-11H,1-2H3,(H,21,22). The summed E-state index contributed by atoms with van der Waals surface area (Å²) in [5.74, 6) is -0.554. The molecule has 0 aromatic heterocycles. The van der Waals surface area contributed by atoms with Crippen molar-refractivity contribution < 1.29 is 9.18 Å². The zero-order chi connectivity index (χ0) is 15.7. The second kappa shape index (κ2) is 5.60. The van der Waals surface area contributed by atoms with Gasteiger partial charge in [0, 0.05) is 11.3 Å². The molecule has 0 saturated heterocycles. The molecule has 3 heteroatoms. The van der Waals surface area contributed by atoms with Gasteiger partial charge in [0.1, 0.15) is 5.82 Å². The molecule has 0 aliphatic rings. The lowest BCUT2D eigenvalue weighted by atomic mass is 10.0. The summed E-state index contributed by atoms with van der Waals surface area (Å²) in [6, 6.07) is 16.4. The highest BCUT2D eigenvalue weighted by Gasteiger charge is 2.12. The molecule has 22 heavy (non-hydrogen) atoms. The van der Waals surface area contributed by atoms with Gasteiger partial charge < -0.3 is 5.32 Å². The number of nitrogens with one attached hydrogen (secondary N) is 1. The van der Waals surface area contributed by atoms with Crippen LogP contribution in [0.1, 0.15) is 21.5 Å². The second-order valence-corrected chi connectivity index (χ2v) is 5.40. The summed E-state index contributed by atoms with van der Waals surface area (Å²) in [6.45, 7) is 3.56. The summed E-state index contributed by atoms with van der Waals surface area (Å²) in [7, 11) is 0. The number of carbonyl (C=O) groups excluding carboxylic acids is 1. The maximum Gasteiger partial charge on any atom is 0.256 e. The summed E-state index contributed by atoms with van der Waals surface area (Å²) in [6.07, 6.45) is 0. The average molecular weight is 293 g/mol. The highest BCUT2D eigenvalue weighted by molar-refractivity contribution is 6.13. The average Bonchev–Trinajstić information content (AvgIpc) is 2.52. The van der Waals surface area contributed by atoms with Crippen molar-refractivity contribution in [1.29, 1.82) is 0 Å². The van der Waals surface area contributed by atoms with E-state index >= 15 is 0 Å². The highest BCUT2D eigenvalue weighted by atomic mass is 19.1. The molecule has 0 aliphatic heterocycles. The monoisotopic (exact) mass is 293 g/mol. The number of rotatable bonds is 2. The molecule has 3 aromatic rings. The van der Waals surface area contributed by atoms with E-state index in [9.17, 15) is 9.18 Å². The third-order valence-corrected chi connectivity index (χ3v) is 3.79. The van der Waals surface area contributed by atoms with Crippen LogP contribution >= 0.6 is 0 Å². The number of carbonyl (C=O) groups is 1. The fourth-order valence-electron chi connectivity index (χ4n) is 2.57. The third-order valence-electron chi connectivity index (χ3n) is 3.79. The zero-order valence-electron chi connectivity index (χ0n) is 12.5. The zero-order valence-corrected chi connectivity index (χ0v) is 12.5. The van der Waals surface area contributed by atoms with Crippen molar-refractivity contribution in [2.24, 2.45) is 0 Å². The van der Waals surface area contributed by atoms with E-state index in [2.05, 4.69) is 5.32 Å². The molecule has 3 aromatic carbocycles. The van der Waals surface area contributed by atoms with Crippen molar-refractivity contribution >= 4 is 22.4 Å². The fraction of sp³-hybridized carbons (Fsp3) is 0.105. The number of halogens is 1. The van der Waals surface area contributed by atoms with E-state index in [0.717, 1.165) is 16.3 Å². The molecule has 2 nitrogen and oxygen atoms in total. The molecule has 0 aliphatic carbocycles. The van der Waals surface area contributed by atoms with E-state index in [0.29, 0.717) is 16.8 Å². The molecule has 0 fully saturated rings. The maximum absolute atomic E-state index is 13.7. The van der Waals surface area contributed by atoms with E-state index < -0.39 is 0 Å². The first-order chi connectivity index (χ1) is 10.6. The normalized spacial score (nSPS) is 10.7. The number of anilines is 1. The minimum atomic E-state index is -0.321. The summed E-state index contributed by atoms with van der Waals surface area (Å²) in [4.78, 5) is 12.5. The van der Waals surface area contributed by atoms with Gasteiger partial charge in [0.2, 0.25) is 0 Å². The third kappa shape index (κ3) is 2.58. The van der Waals surface area contributed by atoms with Crippen molar-refractivity contribution in [2.45, 2.75) is 13.8 Å². The Balaban J connectivity index is 1.99. The fourth-order valence-corrected chi connectivity index (χ4v) is 2.57. The molecule has 0 atom stereocenters. The maximum atomic E-state index is 13.7.